The van der Waals surface area contributed by atoms with Crippen LogP contribution in [0.2, 0.25) is 0 Å². The molecule has 2 aromatic carbocycles. The van der Waals surface area contributed by atoms with Crippen LogP contribution in [0.4, 0.5) is 21.7 Å². The van der Waals surface area contributed by atoms with Crippen molar-refractivity contribution in [3.05, 3.63) is 98.1 Å². The molecule has 0 spiro atoms. The molecule has 0 amide bonds. The number of para-hydroxylation sites is 1. The topological polar surface area (TPSA) is 165 Å². The van der Waals surface area contributed by atoms with Gasteiger partial charge in [0.05, 0.1) is 29.2 Å². The number of nitroso groups, excluding NO2 is 1. The molecule has 13 heteroatoms. The highest BCUT2D eigenvalue weighted by Gasteiger charge is 2.21. The van der Waals surface area contributed by atoms with Gasteiger partial charge in [0, 0.05) is 11.6 Å². The highest BCUT2D eigenvalue weighted by atomic mass is 32.1. The van der Waals surface area contributed by atoms with E-state index in [1.807, 2.05) is 31.2 Å². The molecule has 0 aliphatic rings. The number of hydrogen-bond acceptors (Lipinski definition) is 11. The Balaban J connectivity index is 1.59. The number of benzene rings is 2. The van der Waals surface area contributed by atoms with Crippen molar-refractivity contribution >= 4 is 44.8 Å². The number of nitrogens with one attached hydrogen (secondary N) is 2. The fourth-order valence-corrected chi connectivity index (χ4v) is 4.90. The van der Waals surface area contributed by atoms with Crippen LogP contribution in [0.5, 0.6) is 0 Å². The summed E-state index contributed by atoms with van der Waals surface area (Å²) in [4.78, 5) is 38.0. The van der Waals surface area contributed by atoms with Crippen molar-refractivity contribution in [2.45, 2.75) is 20.4 Å². The van der Waals surface area contributed by atoms with E-state index in [0.717, 1.165) is 29.2 Å². The summed E-state index contributed by atoms with van der Waals surface area (Å²) in [6.07, 6.45) is 1.22. The lowest BCUT2D eigenvalue weighted by Gasteiger charge is -2.17. The van der Waals surface area contributed by atoms with Crippen molar-refractivity contribution in [2.75, 3.05) is 11.1 Å². The maximum absolute atomic E-state index is 14.0. The lowest BCUT2D eigenvalue weighted by atomic mass is 10.0. The number of aromatic nitrogens is 5. The van der Waals surface area contributed by atoms with Crippen LogP contribution in [0.15, 0.2) is 58.8 Å². The first kappa shape index (κ1) is 24.8. The van der Waals surface area contributed by atoms with Crippen molar-refractivity contribution in [3.63, 3.8) is 0 Å². The molecule has 5 aromatic rings. The zero-order valence-electron chi connectivity index (χ0n) is 20.2. The van der Waals surface area contributed by atoms with Crippen LogP contribution in [0.25, 0.3) is 15.9 Å². The molecule has 0 fully saturated rings. The molecule has 0 atom stereocenters. The van der Waals surface area contributed by atoms with Gasteiger partial charge < -0.3 is 11.1 Å². The van der Waals surface area contributed by atoms with Gasteiger partial charge in [0.15, 0.2) is 4.83 Å². The van der Waals surface area contributed by atoms with Crippen molar-refractivity contribution < 1.29 is 4.39 Å². The number of nitrogens with zero attached hydrogens (tertiary/aromatic N) is 6. The van der Waals surface area contributed by atoms with Gasteiger partial charge in [0.25, 0.3) is 5.56 Å². The second kappa shape index (κ2) is 9.86. The first-order valence-corrected chi connectivity index (χ1v) is 12.1. The fourth-order valence-electron chi connectivity index (χ4n) is 4.12. The molecule has 0 unspecified atom stereocenters. The highest BCUT2D eigenvalue weighted by Crippen LogP contribution is 2.26. The molecule has 38 heavy (non-hydrogen) atoms. The van der Waals surface area contributed by atoms with Crippen LogP contribution in [-0.2, 0) is 6.54 Å². The molecule has 5 rings (SSSR count). The lowest BCUT2D eigenvalue weighted by Crippen LogP contribution is -2.26. The van der Waals surface area contributed by atoms with Crippen LogP contribution in [0.1, 0.15) is 28.2 Å². The molecular formula is C25H20FN9O2S. The summed E-state index contributed by atoms with van der Waals surface area (Å²) in [5, 5.41) is 15.0. The number of hydrogen-bond donors (Lipinski definition) is 3. The monoisotopic (exact) mass is 529 g/mol. The number of rotatable bonds is 7. The third-order valence-electron chi connectivity index (χ3n) is 5.92. The molecule has 0 saturated heterocycles. The second-order valence-electron chi connectivity index (χ2n) is 8.40. The fraction of sp³-hybridized carbons (Fsp3) is 0.120. The van der Waals surface area contributed by atoms with E-state index in [-0.39, 0.29) is 46.3 Å². The third kappa shape index (κ3) is 4.39. The largest absolute Gasteiger partial charge is 0.383 e. The van der Waals surface area contributed by atoms with E-state index >= 15 is 0 Å². The van der Waals surface area contributed by atoms with E-state index in [2.05, 4.69) is 24.8 Å². The van der Waals surface area contributed by atoms with Crippen LogP contribution in [0, 0.1) is 30.0 Å². The number of anilines is 2. The quantitative estimate of drug-likeness (QED) is 0.206. The summed E-state index contributed by atoms with van der Waals surface area (Å²) >= 11 is 1.13. The first-order chi connectivity index (χ1) is 18.3. The van der Waals surface area contributed by atoms with Gasteiger partial charge in [-0.1, -0.05) is 18.2 Å². The summed E-state index contributed by atoms with van der Waals surface area (Å²) in [5.41, 5.74) is 7.75. The zero-order valence-corrected chi connectivity index (χ0v) is 21.0. The van der Waals surface area contributed by atoms with E-state index < -0.39 is 5.82 Å². The lowest BCUT2D eigenvalue weighted by molar-refractivity contribution is 0.628. The van der Waals surface area contributed by atoms with Crippen molar-refractivity contribution in [1.29, 1.82) is 5.41 Å². The summed E-state index contributed by atoms with van der Waals surface area (Å²) < 4.78 is 19.9. The van der Waals surface area contributed by atoms with Gasteiger partial charge in [-0.3, -0.25) is 14.8 Å². The van der Waals surface area contributed by atoms with E-state index in [0.29, 0.717) is 27.4 Å². The van der Waals surface area contributed by atoms with Crippen molar-refractivity contribution in [2.24, 2.45) is 5.18 Å². The predicted octanol–water partition coefficient (Wildman–Crippen LogP) is 4.40. The molecule has 3 aromatic heterocycles. The van der Waals surface area contributed by atoms with Crippen molar-refractivity contribution in [3.8, 4) is 5.69 Å². The summed E-state index contributed by atoms with van der Waals surface area (Å²) in [7, 11) is 0. The Kier molecular flexibility index (Phi) is 6.43. The number of nitrogens with two attached hydrogens (primary N) is 1. The van der Waals surface area contributed by atoms with Crippen LogP contribution >= 0.6 is 11.5 Å². The minimum atomic E-state index is -0.730. The van der Waals surface area contributed by atoms with Gasteiger partial charge in [-0.25, -0.2) is 19.3 Å². The molecular weight excluding hydrogens is 509 g/mol. The van der Waals surface area contributed by atoms with Gasteiger partial charge in [0.1, 0.15) is 40.7 Å². The number of halogens is 1. The number of fused-ring (bicyclic) bond motifs is 1. The Morgan fingerprint density at radius 2 is 2.00 bits per heavy atom. The molecule has 4 N–H and O–H groups in total. The van der Waals surface area contributed by atoms with Crippen LogP contribution in [0.3, 0.4) is 0 Å². The molecule has 0 aliphatic carbocycles. The Hall–Kier alpha value is -4.91. The molecule has 3 heterocycles. The maximum Gasteiger partial charge on any atom is 0.268 e. The second-order valence-corrected chi connectivity index (χ2v) is 9.16. The maximum atomic E-state index is 14.0. The summed E-state index contributed by atoms with van der Waals surface area (Å²) in [6, 6.07) is 10.8. The van der Waals surface area contributed by atoms with Gasteiger partial charge >= 0.3 is 0 Å². The molecule has 0 radical (unpaired) electrons. The minimum absolute atomic E-state index is 0.0253. The van der Waals surface area contributed by atoms with Crippen LogP contribution in [-0.4, -0.2) is 29.6 Å². The Morgan fingerprint density at radius 1 is 1.21 bits per heavy atom. The zero-order chi connectivity index (χ0) is 27.0. The van der Waals surface area contributed by atoms with Crippen LogP contribution < -0.4 is 16.6 Å². The molecule has 190 valence electrons. The number of nitrogen functional groups attached to an aromatic ring is 1. The van der Waals surface area contributed by atoms with E-state index in [1.54, 1.807) is 6.92 Å². The minimum Gasteiger partial charge on any atom is -0.383 e. The molecule has 0 saturated carbocycles. The molecule has 0 bridgehead atoms. The van der Waals surface area contributed by atoms with Gasteiger partial charge in [-0.05, 0) is 54.3 Å². The van der Waals surface area contributed by atoms with Gasteiger partial charge in [-0.2, -0.15) is 4.37 Å². The average Bonchev–Trinajstić information content (AvgIpc) is 3.28. The van der Waals surface area contributed by atoms with E-state index in [1.165, 1.54) is 17.0 Å². The molecule has 11 nitrogen and oxygen atoms in total. The standard InChI is InChI=1S/C25H20FN9O2S/c1-12-5-3-4-6-17(12)35-18(32-24-19(25(35)36)13(2)34-38-24)10-29-23-20(22(28)30-11-31-23)21(27)14-7-15(26)9-16(8-14)33-37/h3-9,11,27H,10H2,1-2H3,(H3,28,29,30,31). The first-order valence-electron chi connectivity index (χ1n) is 11.3. The normalized spacial score (nSPS) is 11.0. The Labute approximate surface area is 218 Å². The van der Waals surface area contributed by atoms with Gasteiger partial charge in [-0.15, -0.1) is 4.91 Å². The third-order valence-corrected chi connectivity index (χ3v) is 6.76. The van der Waals surface area contributed by atoms with Gasteiger partial charge in [0.2, 0.25) is 0 Å². The Bertz CT molecular complexity index is 1800. The predicted molar refractivity (Wildman–Crippen MR) is 144 cm³/mol. The SMILES string of the molecule is Cc1ccccc1-n1c(CNc2ncnc(N)c2C(=N)c2cc(F)cc(N=O)c2)nc2snc(C)c2c1=O. The summed E-state index contributed by atoms with van der Waals surface area (Å²) in [5.74, 6) is -0.214. The van der Waals surface area contributed by atoms with Crippen molar-refractivity contribution in [1.82, 2.24) is 23.9 Å². The van der Waals surface area contributed by atoms with E-state index in [9.17, 15) is 14.1 Å². The average molecular weight is 530 g/mol. The smallest absolute Gasteiger partial charge is 0.268 e. The number of aryl methyl sites for hydroxylation is 2. The molecule has 0 aliphatic heterocycles. The highest BCUT2D eigenvalue weighted by molar-refractivity contribution is 7.12. The Morgan fingerprint density at radius 3 is 2.76 bits per heavy atom. The van der Waals surface area contributed by atoms with E-state index in [4.69, 9.17) is 16.1 Å². The summed E-state index contributed by atoms with van der Waals surface area (Å²) in [6.45, 7) is 3.69.